The Hall–Kier alpha value is -1.69. The first kappa shape index (κ1) is 17.4. The fraction of sp³-hybridized carbons (Fsp3) is 0.533. The summed E-state index contributed by atoms with van der Waals surface area (Å²) in [4.78, 5) is 12.1. The highest BCUT2D eigenvalue weighted by atomic mass is 19.2. The van der Waals surface area contributed by atoms with Crippen molar-refractivity contribution in [3.05, 3.63) is 29.8 Å². The SMILES string of the molecule is CC(Oc1ccc(F)c(F)c1)C(=O)NC(C)(CN)C(C)C. The Bertz CT molecular complexity index is 508. The normalized spacial score (nSPS) is 15.4. The van der Waals surface area contributed by atoms with Crippen LogP contribution in [0.25, 0.3) is 0 Å². The molecule has 0 aliphatic rings. The summed E-state index contributed by atoms with van der Waals surface area (Å²) in [6.45, 7) is 7.57. The number of rotatable bonds is 6. The van der Waals surface area contributed by atoms with E-state index in [1.807, 2.05) is 20.8 Å². The van der Waals surface area contributed by atoms with Gasteiger partial charge in [-0.05, 0) is 31.9 Å². The molecule has 3 N–H and O–H groups in total. The van der Waals surface area contributed by atoms with E-state index < -0.39 is 23.3 Å². The monoisotopic (exact) mass is 300 g/mol. The van der Waals surface area contributed by atoms with Crippen molar-refractivity contribution in [3.63, 3.8) is 0 Å². The van der Waals surface area contributed by atoms with E-state index in [2.05, 4.69) is 5.32 Å². The first-order valence-electron chi connectivity index (χ1n) is 6.83. The number of nitrogens with one attached hydrogen (secondary N) is 1. The molecule has 1 aromatic carbocycles. The Morgan fingerprint density at radius 3 is 2.43 bits per heavy atom. The van der Waals surface area contributed by atoms with E-state index in [0.717, 1.165) is 12.1 Å². The summed E-state index contributed by atoms with van der Waals surface area (Å²) >= 11 is 0. The van der Waals surface area contributed by atoms with Gasteiger partial charge < -0.3 is 15.8 Å². The molecule has 0 aromatic heterocycles. The zero-order chi connectivity index (χ0) is 16.2. The molecule has 21 heavy (non-hydrogen) atoms. The Morgan fingerprint density at radius 1 is 1.33 bits per heavy atom. The van der Waals surface area contributed by atoms with Gasteiger partial charge in [0.2, 0.25) is 0 Å². The van der Waals surface area contributed by atoms with E-state index in [0.29, 0.717) is 0 Å². The number of hydrogen-bond acceptors (Lipinski definition) is 3. The number of halogens is 2. The van der Waals surface area contributed by atoms with Crippen LogP contribution in [0.1, 0.15) is 27.7 Å². The lowest BCUT2D eigenvalue weighted by Gasteiger charge is -2.34. The van der Waals surface area contributed by atoms with E-state index in [9.17, 15) is 13.6 Å². The highest BCUT2D eigenvalue weighted by molar-refractivity contribution is 5.81. The van der Waals surface area contributed by atoms with Crippen LogP contribution in [0.5, 0.6) is 5.75 Å². The van der Waals surface area contributed by atoms with Crippen LogP contribution >= 0.6 is 0 Å². The largest absolute Gasteiger partial charge is 0.481 e. The second kappa shape index (κ2) is 6.85. The van der Waals surface area contributed by atoms with E-state index in [1.165, 1.54) is 13.0 Å². The first-order valence-corrected chi connectivity index (χ1v) is 6.83. The highest BCUT2D eigenvalue weighted by Crippen LogP contribution is 2.18. The molecule has 0 heterocycles. The molecule has 0 saturated heterocycles. The van der Waals surface area contributed by atoms with Gasteiger partial charge in [-0.2, -0.15) is 0 Å². The van der Waals surface area contributed by atoms with Crippen LogP contribution in [0.15, 0.2) is 18.2 Å². The second-order valence-electron chi connectivity index (χ2n) is 5.60. The lowest BCUT2D eigenvalue weighted by atomic mass is 9.88. The molecule has 1 rings (SSSR count). The Kier molecular flexibility index (Phi) is 5.66. The number of ether oxygens (including phenoxy) is 1. The summed E-state index contributed by atoms with van der Waals surface area (Å²) < 4.78 is 31.2. The molecule has 0 bridgehead atoms. The standard InChI is InChI=1S/C15H22F2N2O2/c1-9(2)15(4,8-18)19-14(20)10(3)21-11-5-6-12(16)13(17)7-11/h5-7,9-10H,8,18H2,1-4H3,(H,19,20). The molecule has 0 fully saturated rings. The molecule has 118 valence electrons. The summed E-state index contributed by atoms with van der Waals surface area (Å²) in [7, 11) is 0. The summed E-state index contributed by atoms with van der Waals surface area (Å²) in [5, 5.41) is 2.83. The molecule has 0 spiro atoms. The van der Waals surface area contributed by atoms with Gasteiger partial charge in [-0.25, -0.2) is 8.78 Å². The molecule has 4 nitrogen and oxygen atoms in total. The molecule has 2 atom stereocenters. The van der Waals surface area contributed by atoms with Crippen molar-refractivity contribution in [1.29, 1.82) is 0 Å². The number of benzene rings is 1. The minimum Gasteiger partial charge on any atom is -0.481 e. The predicted octanol–water partition coefficient (Wildman–Crippen LogP) is 2.22. The average molecular weight is 300 g/mol. The smallest absolute Gasteiger partial charge is 0.261 e. The average Bonchev–Trinajstić information content (AvgIpc) is 2.42. The summed E-state index contributed by atoms with van der Waals surface area (Å²) in [6, 6.07) is 3.13. The van der Waals surface area contributed by atoms with Gasteiger partial charge in [0.05, 0.1) is 5.54 Å². The minimum atomic E-state index is -1.02. The Labute approximate surface area is 123 Å². The molecule has 1 amide bonds. The van der Waals surface area contributed by atoms with Crippen LogP contribution in [-0.2, 0) is 4.79 Å². The fourth-order valence-corrected chi connectivity index (χ4v) is 1.62. The molecule has 0 saturated carbocycles. The zero-order valence-corrected chi connectivity index (χ0v) is 12.7. The van der Waals surface area contributed by atoms with Crippen LogP contribution in [0.4, 0.5) is 8.78 Å². The molecule has 0 aliphatic heterocycles. The Balaban J connectivity index is 2.72. The minimum absolute atomic E-state index is 0.0931. The maximum Gasteiger partial charge on any atom is 0.261 e. The molecular formula is C15H22F2N2O2. The van der Waals surface area contributed by atoms with Gasteiger partial charge >= 0.3 is 0 Å². The van der Waals surface area contributed by atoms with Crippen molar-refractivity contribution in [2.45, 2.75) is 39.3 Å². The van der Waals surface area contributed by atoms with Crippen molar-refractivity contribution in [3.8, 4) is 5.75 Å². The van der Waals surface area contributed by atoms with Crippen LogP contribution in [0.3, 0.4) is 0 Å². The third kappa shape index (κ3) is 4.39. The number of nitrogens with two attached hydrogens (primary N) is 1. The maximum atomic E-state index is 13.1. The third-order valence-corrected chi connectivity index (χ3v) is 3.68. The van der Waals surface area contributed by atoms with Crippen molar-refractivity contribution in [2.24, 2.45) is 11.7 Å². The molecular weight excluding hydrogens is 278 g/mol. The van der Waals surface area contributed by atoms with Crippen LogP contribution in [0, 0.1) is 17.6 Å². The van der Waals surface area contributed by atoms with Crippen molar-refractivity contribution in [2.75, 3.05) is 6.54 Å². The van der Waals surface area contributed by atoms with Crippen molar-refractivity contribution < 1.29 is 18.3 Å². The van der Waals surface area contributed by atoms with Gasteiger partial charge in [0.15, 0.2) is 17.7 Å². The van der Waals surface area contributed by atoms with Gasteiger partial charge in [0, 0.05) is 12.6 Å². The number of hydrogen-bond donors (Lipinski definition) is 2. The van der Waals surface area contributed by atoms with E-state index in [-0.39, 0.29) is 24.1 Å². The molecule has 6 heteroatoms. The topological polar surface area (TPSA) is 64.3 Å². The molecule has 0 aliphatic carbocycles. The fourth-order valence-electron chi connectivity index (χ4n) is 1.62. The van der Waals surface area contributed by atoms with Crippen LogP contribution < -0.4 is 15.8 Å². The lowest BCUT2D eigenvalue weighted by Crippen LogP contribution is -2.57. The number of carbonyl (C=O) groups is 1. The van der Waals surface area contributed by atoms with Gasteiger partial charge in [0.25, 0.3) is 5.91 Å². The second-order valence-corrected chi connectivity index (χ2v) is 5.60. The summed E-state index contributed by atoms with van der Waals surface area (Å²) in [6.07, 6.45) is -0.848. The third-order valence-electron chi connectivity index (χ3n) is 3.68. The quantitative estimate of drug-likeness (QED) is 0.846. The Morgan fingerprint density at radius 2 is 1.95 bits per heavy atom. The maximum absolute atomic E-state index is 13.1. The van der Waals surface area contributed by atoms with Gasteiger partial charge in [-0.1, -0.05) is 13.8 Å². The van der Waals surface area contributed by atoms with E-state index in [1.54, 1.807) is 0 Å². The lowest BCUT2D eigenvalue weighted by molar-refractivity contribution is -0.129. The van der Waals surface area contributed by atoms with Gasteiger partial charge in [-0.3, -0.25) is 4.79 Å². The molecule has 2 unspecified atom stereocenters. The zero-order valence-electron chi connectivity index (χ0n) is 12.7. The van der Waals surface area contributed by atoms with Crippen LogP contribution in [-0.4, -0.2) is 24.1 Å². The number of carbonyl (C=O) groups excluding carboxylic acids is 1. The van der Waals surface area contributed by atoms with Crippen molar-refractivity contribution >= 4 is 5.91 Å². The molecule has 1 aromatic rings. The number of amides is 1. The van der Waals surface area contributed by atoms with E-state index in [4.69, 9.17) is 10.5 Å². The summed E-state index contributed by atoms with van der Waals surface area (Å²) in [5.74, 6) is -2.11. The highest BCUT2D eigenvalue weighted by Gasteiger charge is 2.30. The van der Waals surface area contributed by atoms with Gasteiger partial charge in [-0.15, -0.1) is 0 Å². The van der Waals surface area contributed by atoms with Crippen molar-refractivity contribution in [1.82, 2.24) is 5.32 Å². The van der Waals surface area contributed by atoms with E-state index >= 15 is 0 Å². The summed E-state index contributed by atoms with van der Waals surface area (Å²) in [5.41, 5.74) is 5.15. The van der Waals surface area contributed by atoms with Crippen LogP contribution in [0.2, 0.25) is 0 Å². The van der Waals surface area contributed by atoms with Gasteiger partial charge in [0.1, 0.15) is 5.75 Å². The first-order chi connectivity index (χ1) is 9.69. The predicted molar refractivity (Wildman–Crippen MR) is 76.9 cm³/mol. The molecule has 0 radical (unpaired) electrons.